The summed E-state index contributed by atoms with van der Waals surface area (Å²) in [5.74, 6) is 0.0576. The van der Waals surface area contributed by atoms with Crippen molar-refractivity contribution in [2.24, 2.45) is 5.73 Å². The third-order valence-electron chi connectivity index (χ3n) is 2.73. The molecule has 94 valence electrons. The number of hydrogen-bond acceptors (Lipinski definition) is 4. The van der Waals surface area contributed by atoms with Crippen molar-refractivity contribution in [2.75, 3.05) is 40.0 Å². The fourth-order valence-corrected chi connectivity index (χ4v) is 1.83. The zero-order valence-electron chi connectivity index (χ0n) is 9.98. The lowest BCUT2D eigenvalue weighted by atomic mass is 10.1. The molecule has 1 saturated heterocycles. The molecule has 2 N–H and O–H groups in total. The molecule has 0 aliphatic carbocycles. The van der Waals surface area contributed by atoms with Crippen molar-refractivity contribution in [3.05, 3.63) is 0 Å². The first kappa shape index (κ1) is 13.4. The van der Waals surface area contributed by atoms with E-state index in [2.05, 4.69) is 0 Å². The Morgan fingerprint density at radius 2 is 2.31 bits per heavy atom. The van der Waals surface area contributed by atoms with Crippen molar-refractivity contribution in [3.8, 4) is 0 Å². The number of ether oxygens (including phenoxy) is 2. The van der Waals surface area contributed by atoms with E-state index in [-0.39, 0.29) is 12.0 Å². The molecule has 1 atom stereocenters. The summed E-state index contributed by atoms with van der Waals surface area (Å²) >= 11 is 0. The predicted octanol–water partition coefficient (Wildman–Crippen LogP) is -0.0108. The van der Waals surface area contributed by atoms with E-state index in [1.807, 2.05) is 0 Å². The van der Waals surface area contributed by atoms with Crippen LogP contribution < -0.4 is 5.73 Å². The lowest BCUT2D eigenvalue weighted by Crippen LogP contribution is -2.45. The maximum absolute atomic E-state index is 12.1. The summed E-state index contributed by atoms with van der Waals surface area (Å²) in [4.78, 5) is 13.8. The Balaban J connectivity index is 2.44. The van der Waals surface area contributed by atoms with Crippen LogP contribution in [0.5, 0.6) is 0 Å². The smallest absolute Gasteiger partial charge is 0.251 e. The van der Waals surface area contributed by atoms with Crippen molar-refractivity contribution in [1.29, 1.82) is 0 Å². The number of methoxy groups -OCH3 is 1. The van der Waals surface area contributed by atoms with E-state index in [1.165, 1.54) is 0 Å². The van der Waals surface area contributed by atoms with Crippen LogP contribution in [-0.2, 0) is 14.3 Å². The number of amides is 1. The summed E-state index contributed by atoms with van der Waals surface area (Å²) in [5.41, 5.74) is 5.49. The van der Waals surface area contributed by atoms with Crippen molar-refractivity contribution in [1.82, 2.24) is 4.90 Å². The Kier molecular flexibility index (Phi) is 6.37. The summed E-state index contributed by atoms with van der Waals surface area (Å²) in [6.45, 7) is 2.87. The standard InChI is InChI=1S/C11H22N2O3/c1-15-9-7-13(6-5-12)11(14)10-4-2-3-8-16-10/h10H,2-9,12H2,1H3. The fourth-order valence-electron chi connectivity index (χ4n) is 1.83. The second-order valence-electron chi connectivity index (χ2n) is 3.96. The van der Waals surface area contributed by atoms with Crippen molar-refractivity contribution in [2.45, 2.75) is 25.4 Å². The number of rotatable bonds is 6. The molecule has 0 spiro atoms. The average molecular weight is 230 g/mol. The van der Waals surface area contributed by atoms with Gasteiger partial charge in [0.15, 0.2) is 0 Å². The Hall–Kier alpha value is -0.650. The second kappa shape index (κ2) is 7.60. The molecule has 0 radical (unpaired) electrons. The normalized spacial score (nSPS) is 20.8. The summed E-state index contributed by atoms with van der Waals surface area (Å²) in [6, 6.07) is 0. The van der Waals surface area contributed by atoms with E-state index in [9.17, 15) is 4.79 Å². The maximum atomic E-state index is 12.1. The van der Waals surface area contributed by atoms with E-state index >= 15 is 0 Å². The van der Waals surface area contributed by atoms with Gasteiger partial charge < -0.3 is 20.1 Å². The minimum Gasteiger partial charge on any atom is -0.383 e. The Morgan fingerprint density at radius 3 is 2.88 bits per heavy atom. The van der Waals surface area contributed by atoms with Gasteiger partial charge in [-0.25, -0.2) is 0 Å². The van der Waals surface area contributed by atoms with Crippen LogP contribution in [0.15, 0.2) is 0 Å². The minimum absolute atomic E-state index is 0.0576. The summed E-state index contributed by atoms with van der Waals surface area (Å²) < 4.78 is 10.5. The first-order valence-electron chi connectivity index (χ1n) is 5.89. The molecule has 0 bridgehead atoms. The first-order valence-corrected chi connectivity index (χ1v) is 5.89. The predicted molar refractivity (Wildman–Crippen MR) is 61.1 cm³/mol. The summed E-state index contributed by atoms with van der Waals surface area (Å²) in [6.07, 6.45) is 2.68. The Labute approximate surface area is 96.9 Å². The van der Waals surface area contributed by atoms with Gasteiger partial charge in [-0.3, -0.25) is 4.79 Å². The molecule has 1 heterocycles. The molecule has 5 heteroatoms. The van der Waals surface area contributed by atoms with Crippen LogP contribution in [0, 0.1) is 0 Å². The topological polar surface area (TPSA) is 64.8 Å². The quantitative estimate of drug-likeness (QED) is 0.697. The number of carbonyl (C=O) groups is 1. The summed E-state index contributed by atoms with van der Waals surface area (Å²) in [7, 11) is 1.63. The van der Waals surface area contributed by atoms with Gasteiger partial charge in [-0.1, -0.05) is 0 Å². The van der Waals surface area contributed by atoms with E-state index in [1.54, 1.807) is 12.0 Å². The number of nitrogens with two attached hydrogens (primary N) is 1. The van der Waals surface area contributed by atoms with Gasteiger partial charge in [-0.05, 0) is 19.3 Å². The van der Waals surface area contributed by atoms with E-state index in [0.29, 0.717) is 32.8 Å². The van der Waals surface area contributed by atoms with Crippen LogP contribution in [0.25, 0.3) is 0 Å². The SMILES string of the molecule is COCCN(CCN)C(=O)C1CCCCO1. The van der Waals surface area contributed by atoms with Crippen LogP contribution >= 0.6 is 0 Å². The van der Waals surface area contributed by atoms with Crippen molar-refractivity contribution < 1.29 is 14.3 Å². The largest absolute Gasteiger partial charge is 0.383 e. The number of hydrogen-bond donors (Lipinski definition) is 1. The highest BCUT2D eigenvalue weighted by molar-refractivity contribution is 5.81. The van der Waals surface area contributed by atoms with Crippen LogP contribution in [0.4, 0.5) is 0 Å². The second-order valence-corrected chi connectivity index (χ2v) is 3.96. The first-order chi connectivity index (χ1) is 7.79. The van der Waals surface area contributed by atoms with Gasteiger partial charge in [0, 0.05) is 33.4 Å². The molecule has 0 aromatic rings. The highest BCUT2D eigenvalue weighted by Gasteiger charge is 2.26. The lowest BCUT2D eigenvalue weighted by molar-refractivity contribution is -0.147. The summed E-state index contributed by atoms with van der Waals surface area (Å²) in [5, 5.41) is 0. The average Bonchev–Trinajstić information content (AvgIpc) is 2.35. The molecule has 1 aliphatic rings. The van der Waals surface area contributed by atoms with Crippen LogP contribution in [0.1, 0.15) is 19.3 Å². The van der Waals surface area contributed by atoms with E-state index < -0.39 is 0 Å². The van der Waals surface area contributed by atoms with Crippen LogP contribution in [-0.4, -0.2) is 56.9 Å². The van der Waals surface area contributed by atoms with Crippen molar-refractivity contribution >= 4 is 5.91 Å². The molecule has 0 saturated carbocycles. The molecule has 16 heavy (non-hydrogen) atoms. The zero-order valence-corrected chi connectivity index (χ0v) is 9.98. The third-order valence-corrected chi connectivity index (χ3v) is 2.73. The van der Waals surface area contributed by atoms with Gasteiger partial charge in [-0.2, -0.15) is 0 Å². The molecule has 0 aromatic carbocycles. The van der Waals surface area contributed by atoms with Gasteiger partial charge in [-0.15, -0.1) is 0 Å². The number of nitrogens with zero attached hydrogens (tertiary/aromatic N) is 1. The highest BCUT2D eigenvalue weighted by Crippen LogP contribution is 2.14. The Bertz CT molecular complexity index is 205. The van der Waals surface area contributed by atoms with Crippen LogP contribution in [0.2, 0.25) is 0 Å². The molecule has 1 fully saturated rings. The van der Waals surface area contributed by atoms with Crippen molar-refractivity contribution in [3.63, 3.8) is 0 Å². The van der Waals surface area contributed by atoms with Gasteiger partial charge in [0.05, 0.1) is 6.61 Å². The molecule has 1 unspecified atom stereocenters. The third kappa shape index (κ3) is 4.08. The van der Waals surface area contributed by atoms with Gasteiger partial charge >= 0.3 is 0 Å². The van der Waals surface area contributed by atoms with Gasteiger partial charge in [0.2, 0.25) is 0 Å². The molecular weight excluding hydrogens is 208 g/mol. The molecule has 1 aliphatic heterocycles. The Morgan fingerprint density at radius 1 is 1.50 bits per heavy atom. The zero-order chi connectivity index (χ0) is 11.8. The lowest BCUT2D eigenvalue weighted by Gasteiger charge is -2.29. The van der Waals surface area contributed by atoms with E-state index in [0.717, 1.165) is 19.3 Å². The molecule has 0 aromatic heterocycles. The fraction of sp³-hybridized carbons (Fsp3) is 0.909. The molecule has 1 amide bonds. The molecule has 5 nitrogen and oxygen atoms in total. The monoisotopic (exact) mass is 230 g/mol. The van der Waals surface area contributed by atoms with Gasteiger partial charge in [0.1, 0.15) is 6.10 Å². The maximum Gasteiger partial charge on any atom is 0.251 e. The minimum atomic E-state index is -0.267. The van der Waals surface area contributed by atoms with Gasteiger partial charge in [0.25, 0.3) is 5.91 Å². The molecular formula is C11H22N2O3. The van der Waals surface area contributed by atoms with E-state index in [4.69, 9.17) is 15.2 Å². The van der Waals surface area contributed by atoms with Crippen LogP contribution in [0.3, 0.4) is 0 Å². The number of carbonyl (C=O) groups excluding carboxylic acids is 1. The highest BCUT2D eigenvalue weighted by atomic mass is 16.5. The molecule has 1 rings (SSSR count).